The number of fused-ring (bicyclic) bond motifs is 4. The van der Waals surface area contributed by atoms with Crippen LogP contribution in [0.2, 0.25) is 0 Å². The summed E-state index contributed by atoms with van der Waals surface area (Å²) in [5, 5.41) is 6.67. The molecular formula is C19H12O2. The molecule has 2 heteroatoms. The highest BCUT2D eigenvalue weighted by atomic mass is 16.5. The van der Waals surface area contributed by atoms with Crippen LogP contribution in [0.4, 0.5) is 0 Å². The fraction of sp³-hybridized carbons (Fsp3) is 0. The maximum atomic E-state index is 10.7. The van der Waals surface area contributed by atoms with Crippen molar-refractivity contribution in [3.05, 3.63) is 66.7 Å². The number of ether oxygens (including phenoxy) is 1. The standard InChI is InChI=1S/C19H12O2/c20-12-21-19-11-15-9-13-5-1-2-6-14(13)10-18(15)16-7-3-4-8-17(16)19/h1-12H. The number of rotatable bonds is 2. The molecule has 0 atom stereocenters. The summed E-state index contributed by atoms with van der Waals surface area (Å²) in [6, 6.07) is 22.5. The maximum Gasteiger partial charge on any atom is 0.298 e. The Labute approximate surface area is 121 Å². The van der Waals surface area contributed by atoms with Crippen LogP contribution in [0.5, 0.6) is 5.75 Å². The van der Waals surface area contributed by atoms with Crippen LogP contribution >= 0.6 is 0 Å². The van der Waals surface area contributed by atoms with E-state index in [0.29, 0.717) is 12.2 Å². The zero-order valence-electron chi connectivity index (χ0n) is 11.2. The van der Waals surface area contributed by atoms with Gasteiger partial charge in [0.05, 0.1) is 0 Å². The van der Waals surface area contributed by atoms with Crippen molar-refractivity contribution >= 4 is 38.8 Å². The molecule has 2 nitrogen and oxygen atoms in total. The third-order valence-corrected chi connectivity index (χ3v) is 3.86. The molecule has 0 saturated heterocycles. The Balaban J connectivity index is 2.21. The second kappa shape index (κ2) is 4.60. The van der Waals surface area contributed by atoms with Crippen LogP contribution < -0.4 is 4.74 Å². The molecule has 0 amide bonds. The van der Waals surface area contributed by atoms with E-state index in [4.69, 9.17) is 4.74 Å². The summed E-state index contributed by atoms with van der Waals surface area (Å²) < 4.78 is 5.16. The van der Waals surface area contributed by atoms with Gasteiger partial charge in [0.2, 0.25) is 0 Å². The Bertz CT molecular complexity index is 986. The van der Waals surface area contributed by atoms with E-state index in [2.05, 4.69) is 30.3 Å². The minimum atomic E-state index is 0.481. The zero-order chi connectivity index (χ0) is 14.2. The van der Waals surface area contributed by atoms with Gasteiger partial charge in [-0.25, -0.2) is 0 Å². The first-order valence-corrected chi connectivity index (χ1v) is 6.81. The van der Waals surface area contributed by atoms with Crippen LogP contribution in [0.3, 0.4) is 0 Å². The molecule has 0 unspecified atom stereocenters. The average molecular weight is 272 g/mol. The number of hydrogen-bond donors (Lipinski definition) is 0. The van der Waals surface area contributed by atoms with Gasteiger partial charge in [-0.3, -0.25) is 4.79 Å². The van der Waals surface area contributed by atoms with Crippen molar-refractivity contribution in [1.82, 2.24) is 0 Å². The molecular weight excluding hydrogens is 260 g/mol. The predicted octanol–water partition coefficient (Wildman–Crippen LogP) is 4.68. The SMILES string of the molecule is O=COc1cc2cc3ccccc3cc2c2ccccc12. The molecule has 100 valence electrons. The van der Waals surface area contributed by atoms with E-state index < -0.39 is 0 Å². The Hall–Kier alpha value is -2.87. The molecule has 0 N–H and O–H groups in total. The lowest BCUT2D eigenvalue weighted by atomic mass is 9.98. The van der Waals surface area contributed by atoms with Crippen molar-refractivity contribution in [3.63, 3.8) is 0 Å². The number of benzene rings is 4. The second-order valence-corrected chi connectivity index (χ2v) is 5.05. The van der Waals surface area contributed by atoms with Crippen molar-refractivity contribution in [3.8, 4) is 5.75 Å². The molecule has 0 radical (unpaired) electrons. The molecule has 0 aromatic heterocycles. The first-order valence-electron chi connectivity index (χ1n) is 6.81. The molecule has 4 rings (SSSR count). The number of carbonyl (C=O) groups excluding carboxylic acids is 1. The van der Waals surface area contributed by atoms with Gasteiger partial charge in [-0.05, 0) is 45.1 Å². The summed E-state index contributed by atoms with van der Waals surface area (Å²) >= 11 is 0. The molecule has 0 aliphatic heterocycles. The van der Waals surface area contributed by atoms with Gasteiger partial charge in [0.15, 0.2) is 0 Å². The summed E-state index contributed by atoms with van der Waals surface area (Å²) in [5.74, 6) is 0.600. The Morgan fingerprint density at radius 2 is 1.33 bits per heavy atom. The second-order valence-electron chi connectivity index (χ2n) is 5.05. The van der Waals surface area contributed by atoms with Gasteiger partial charge in [-0.2, -0.15) is 0 Å². The van der Waals surface area contributed by atoms with Crippen LogP contribution in [0, 0.1) is 0 Å². The molecule has 0 spiro atoms. The monoisotopic (exact) mass is 272 g/mol. The van der Waals surface area contributed by atoms with Crippen molar-refractivity contribution in [2.24, 2.45) is 0 Å². The van der Waals surface area contributed by atoms with Gasteiger partial charge in [-0.15, -0.1) is 0 Å². The molecule has 0 saturated carbocycles. The minimum absolute atomic E-state index is 0.481. The Kier molecular flexibility index (Phi) is 2.61. The van der Waals surface area contributed by atoms with Crippen LogP contribution in [-0.4, -0.2) is 6.47 Å². The van der Waals surface area contributed by atoms with E-state index in [9.17, 15) is 4.79 Å². The molecule has 4 aromatic carbocycles. The summed E-state index contributed by atoms with van der Waals surface area (Å²) in [7, 11) is 0. The summed E-state index contributed by atoms with van der Waals surface area (Å²) in [6.45, 7) is 0.481. The van der Waals surface area contributed by atoms with E-state index in [-0.39, 0.29) is 0 Å². The lowest BCUT2D eigenvalue weighted by Gasteiger charge is -2.10. The minimum Gasteiger partial charge on any atom is -0.428 e. The average Bonchev–Trinajstić information content (AvgIpc) is 2.54. The maximum absolute atomic E-state index is 10.7. The highest BCUT2D eigenvalue weighted by Crippen LogP contribution is 2.35. The molecule has 4 aromatic rings. The van der Waals surface area contributed by atoms with E-state index in [1.807, 2.05) is 36.4 Å². The molecule has 0 bridgehead atoms. The van der Waals surface area contributed by atoms with Crippen LogP contribution in [0.1, 0.15) is 0 Å². The van der Waals surface area contributed by atoms with E-state index >= 15 is 0 Å². The fourth-order valence-electron chi connectivity index (χ4n) is 2.91. The Morgan fingerprint density at radius 1 is 0.667 bits per heavy atom. The molecule has 0 aliphatic carbocycles. The van der Waals surface area contributed by atoms with Crippen molar-refractivity contribution < 1.29 is 9.53 Å². The van der Waals surface area contributed by atoms with E-state index in [0.717, 1.165) is 16.2 Å². The number of carbonyl (C=O) groups is 1. The van der Waals surface area contributed by atoms with Crippen LogP contribution in [-0.2, 0) is 4.79 Å². The molecule has 0 aliphatic rings. The van der Waals surface area contributed by atoms with Gasteiger partial charge >= 0.3 is 0 Å². The molecule has 0 heterocycles. The topological polar surface area (TPSA) is 26.3 Å². The third-order valence-electron chi connectivity index (χ3n) is 3.86. The van der Waals surface area contributed by atoms with Crippen molar-refractivity contribution in [1.29, 1.82) is 0 Å². The van der Waals surface area contributed by atoms with Crippen LogP contribution in [0.15, 0.2) is 66.7 Å². The van der Waals surface area contributed by atoms with Gasteiger partial charge in [0, 0.05) is 5.39 Å². The van der Waals surface area contributed by atoms with E-state index in [1.54, 1.807) is 0 Å². The summed E-state index contributed by atoms with van der Waals surface area (Å²) in [5.41, 5.74) is 0. The predicted molar refractivity (Wildman–Crippen MR) is 85.7 cm³/mol. The summed E-state index contributed by atoms with van der Waals surface area (Å²) in [4.78, 5) is 10.7. The van der Waals surface area contributed by atoms with Gasteiger partial charge in [0.25, 0.3) is 6.47 Å². The normalized spacial score (nSPS) is 11.0. The first-order chi connectivity index (χ1) is 10.4. The highest BCUT2D eigenvalue weighted by Gasteiger charge is 2.08. The zero-order valence-corrected chi connectivity index (χ0v) is 11.2. The number of hydrogen-bond acceptors (Lipinski definition) is 2. The smallest absolute Gasteiger partial charge is 0.298 e. The van der Waals surface area contributed by atoms with Crippen molar-refractivity contribution in [2.75, 3.05) is 0 Å². The van der Waals surface area contributed by atoms with E-state index in [1.165, 1.54) is 16.2 Å². The lowest BCUT2D eigenvalue weighted by Crippen LogP contribution is -1.91. The third kappa shape index (κ3) is 1.84. The first kappa shape index (κ1) is 11.9. The highest BCUT2D eigenvalue weighted by molar-refractivity contribution is 6.14. The van der Waals surface area contributed by atoms with Gasteiger partial charge in [-0.1, -0.05) is 48.5 Å². The fourth-order valence-corrected chi connectivity index (χ4v) is 2.91. The van der Waals surface area contributed by atoms with Crippen LogP contribution in [0.25, 0.3) is 32.3 Å². The Morgan fingerprint density at radius 3 is 2.10 bits per heavy atom. The van der Waals surface area contributed by atoms with Gasteiger partial charge in [0.1, 0.15) is 5.75 Å². The summed E-state index contributed by atoms with van der Waals surface area (Å²) in [6.07, 6.45) is 0. The lowest BCUT2D eigenvalue weighted by molar-refractivity contribution is -0.120. The molecule has 0 fully saturated rings. The largest absolute Gasteiger partial charge is 0.428 e. The van der Waals surface area contributed by atoms with Gasteiger partial charge < -0.3 is 4.74 Å². The van der Waals surface area contributed by atoms with Crippen molar-refractivity contribution in [2.45, 2.75) is 0 Å². The quantitative estimate of drug-likeness (QED) is 0.301. The molecule has 21 heavy (non-hydrogen) atoms.